The van der Waals surface area contributed by atoms with Crippen molar-refractivity contribution in [1.29, 1.82) is 0 Å². The number of likely N-dealkylation sites (tertiary alicyclic amines) is 1. The van der Waals surface area contributed by atoms with E-state index in [2.05, 4.69) is 32.6 Å². The molecule has 0 saturated carbocycles. The molecule has 0 aliphatic carbocycles. The van der Waals surface area contributed by atoms with E-state index in [1.165, 1.54) is 38.5 Å². The summed E-state index contributed by atoms with van der Waals surface area (Å²) in [5.41, 5.74) is 0. The van der Waals surface area contributed by atoms with Gasteiger partial charge >= 0.3 is 0 Å². The molecular formula is C21H41NO3. The molecule has 148 valence electrons. The summed E-state index contributed by atoms with van der Waals surface area (Å²) in [6.45, 7) is 10.8. The average molecular weight is 356 g/mol. The van der Waals surface area contributed by atoms with Crippen molar-refractivity contribution in [2.45, 2.75) is 110 Å². The lowest BCUT2D eigenvalue weighted by atomic mass is 10.1. The van der Waals surface area contributed by atoms with Crippen molar-refractivity contribution in [3.8, 4) is 0 Å². The van der Waals surface area contributed by atoms with Crippen LogP contribution in [0.2, 0.25) is 0 Å². The molecule has 0 bridgehead atoms. The van der Waals surface area contributed by atoms with Gasteiger partial charge in [0, 0.05) is 19.6 Å². The summed E-state index contributed by atoms with van der Waals surface area (Å²) in [4.78, 5) is 14.5. The molecule has 1 heterocycles. The number of amides is 1. The summed E-state index contributed by atoms with van der Waals surface area (Å²) < 4.78 is 11.3. The maximum atomic E-state index is 12.4. The second-order valence-electron chi connectivity index (χ2n) is 7.91. The number of unbranched alkanes of at least 4 members (excludes halogenated alkanes) is 6. The second-order valence-corrected chi connectivity index (χ2v) is 7.91. The van der Waals surface area contributed by atoms with Gasteiger partial charge in [0.1, 0.15) is 0 Å². The van der Waals surface area contributed by atoms with Gasteiger partial charge in [0.25, 0.3) is 0 Å². The lowest BCUT2D eigenvalue weighted by molar-refractivity contribution is -0.133. The molecule has 0 aromatic heterocycles. The van der Waals surface area contributed by atoms with Gasteiger partial charge in [0.2, 0.25) is 5.91 Å². The molecule has 1 atom stereocenters. The zero-order chi connectivity index (χ0) is 18.5. The first kappa shape index (κ1) is 22.4. The van der Waals surface area contributed by atoms with Gasteiger partial charge in [0.05, 0.1) is 24.9 Å². The number of ether oxygens (including phenoxy) is 2. The van der Waals surface area contributed by atoms with Crippen LogP contribution in [-0.4, -0.2) is 48.8 Å². The first-order valence-corrected chi connectivity index (χ1v) is 10.5. The molecule has 4 heteroatoms. The minimum absolute atomic E-state index is 0.245. The topological polar surface area (TPSA) is 38.8 Å². The summed E-state index contributed by atoms with van der Waals surface area (Å²) in [6, 6.07) is 0.308. The van der Waals surface area contributed by atoms with E-state index in [4.69, 9.17) is 9.47 Å². The third kappa shape index (κ3) is 10.9. The molecule has 0 radical (unpaired) electrons. The van der Waals surface area contributed by atoms with E-state index < -0.39 is 0 Å². The molecule has 1 aliphatic rings. The summed E-state index contributed by atoms with van der Waals surface area (Å²) in [6.07, 6.45) is 12.0. The zero-order valence-electron chi connectivity index (χ0n) is 17.1. The lowest BCUT2D eigenvalue weighted by Gasteiger charge is -2.25. The van der Waals surface area contributed by atoms with Crippen LogP contribution in [0.4, 0.5) is 0 Å². The number of hydrogen-bond acceptors (Lipinski definition) is 3. The van der Waals surface area contributed by atoms with Crippen molar-refractivity contribution in [3.05, 3.63) is 0 Å². The Morgan fingerprint density at radius 1 is 0.920 bits per heavy atom. The Morgan fingerprint density at radius 2 is 1.52 bits per heavy atom. The van der Waals surface area contributed by atoms with Gasteiger partial charge in [0.15, 0.2) is 0 Å². The van der Waals surface area contributed by atoms with Crippen LogP contribution in [0.3, 0.4) is 0 Å². The highest BCUT2D eigenvalue weighted by atomic mass is 16.5. The monoisotopic (exact) mass is 355 g/mol. The minimum Gasteiger partial charge on any atom is -0.379 e. The summed E-state index contributed by atoms with van der Waals surface area (Å²) >= 11 is 0. The number of nitrogens with zero attached hydrogens (tertiary/aromatic N) is 1. The van der Waals surface area contributed by atoms with Gasteiger partial charge in [-0.3, -0.25) is 4.79 Å². The molecule has 1 unspecified atom stereocenters. The Morgan fingerprint density at radius 3 is 2.16 bits per heavy atom. The third-order valence-electron chi connectivity index (χ3n) is 4.81. The van der Waals surface area contributed by atoms with Gasteiger partial charge in [-0.2, -0.15) is 0 Å². The predicted octanol–water partition coefficient (Wildman–Crippen LogP) is 4.95. The third-order valence-corrected chi connectivity index (χ3v) is 4.81. The molecule has 0 aromatic carbocycles. The summed E-state index contributed by atoms with van der Waals surface area (Å²) in [5, 5.41) is 0. The lowest BCUT2D eigenvalue weighted by Crippen LogP contribution is -2.38. The SMILES string of the molecule is CC(C)OCCCCCCCCCC(=O)N1CCCC1COC(C)C. The Labute approximate surface area is 155 Å². The van der Waals surface area contributed by atoms with E-state index in [0.29, 0.717) is 31.1 Å². The van der Waals surface area contributed by atoms with Gasteiger partial charge < -0.3 is 14.4 Å². The number of rotatable bonds is 14. The molecule has 4 nitrogen and oxygen atoms in total. The smallest absolute Gasteiger partial charge is 0.222 e. The Balaban J connectivity index is 1.99. The van der Waals surface area contributed by atoms with Crippen molar-refractivity contribution in [2.75, 3.05) is 19.8 Å². The Kier molecular flexibility index (Phi) is 12.2. The largest absolute Gasteiger partial charge is 0.379 e. The fraction of sp³-hybridized carbons (Fsp3) is 0.952. The molecule has 0 aromatic rings. The molecule has 1 aliphatic heterocycles. The summed E-state index contributed by atoms with van der Waals surface area (Å²) in [7, 11) is 0. The van der Waals surface area contributed by atoms with Crippen LogP contribution in [-0.2, 0) is 14.3 Å². The maximum absolute atomic E-state index is 12.4. The van der Waals surface area contributed by atoms with E-state index in [-0.39, 0.29) is 6.10 Å². The van der Waals surface area contributed by atoms with E-state index in [1.807, 2.05) is 0 Å². The second kappa shape index (κ2) is 13.6. The highest BCUT2D eigenvalue weighted by molar-refractivity contribution is 5.76. The predicted molar refractivity (Wildman–Crippen MR) is 104 cm³/mol. The minimum atomic E-state index is 0.245. The fourth-order valence-electron chi connectivity index (χ4n) is 3.37. The van der Waals surface area contributed by atoms with Crippen LogP contribution in [0.1, 0.15) is 91.9 Å². The molecule has 0 N–H and O–H groups in total. The van der Waals surface area contributed by atoms with Crippen LogP contribution in [0.25, 0.3) is 0 Å². The van der Waals surface area contributed by atoms with Gasteiger partial charge in [-0.25, -0.2) is 0 Å². The zero-order valence-corrected chi connectivity index (χ0v) is 17.1. The summed E-state index contributed by atoms with van der Waals surface area (Å²) in [5.74, 6) is 0.334. The average Bonchev–Trinajstić information content (AvgIpc) is 3.02. The van der Waals surface area contributed by atoms with Crippen LogP contribution < -0.4 is 0 Å². The normalized spacial score (nSPS) is 17.8. The number of carbonyl (C=O) groups is 1. The molecule has 1 rings (SSSR count). The molecular weight excluding hydrogens is 314 g/mol. The quantitative estimate of drug-likeness (QED) is 0.414. The van der Waals surface area contributed by atoms with Crippen LogP contribution in [0, 0.1) is 0 Å². The van der Waals surface area contributed by atoms with Crippen LogP contribution in [0.5, 0.6) is 0 Å². The molecule has 1 fully saturated rings. The number of carbonyl (C=O) groups excluding carboxylic acids is 1. The highest BCUT2D eigenvalue weighted by Gasteiger charge is 2.28. The van der Waals surface area contributed by atoms with Gasteiger partial charge in [-0.15, -0.1) is 0 Å². The van der Waals surface area contributed by atoms with Crippen LogP contribution >= 0.6 is 0 Å². The number of hydrogen-bond donors (Lipinski definition) is 0. The van der Waals surface area contributed by atoms with Crippen molar-refractivity contribution in [1.82, 2.24) is 4.90 Å². The van der Waals surface area contributed by atoms with Gasteiger partial charge in [-0.1, -0.05) is 32.1 Å². The van der Waals surface area contributed by atoms with Crippen LogP contribution in [0.15, 0.2) is 0 Å². The van der Waals surface area contributed by atoms with Gasteiger partial charge in [-0.05, 0) is 53.4 Å². The van der Waals surface area contributed by atoms with Crippen molar-refractivity contribution >= 4 is 5.91 Å². The van der Waals surface area contributed by atoms with Crippen molar-refractivity contribution in [3.63, 3.8) is 0 Å². The Bertz CT molecular complexity index is 344. The van der Waals surface area contributed by atoms with E-state index in [1.54, 1.807) is 0 Å². The van der Waals surface area contributed by atoms with Crippen molar-refractivity contribution in [2.24, 2.45) is 0 Å². The van der Waals surface area contributed by atoms with Crippen molar-refractivity contribution < 1.29 is 14.3 Å². The van der Waals surface area contributed by atoms with E-state index in [0.717, 1.165) is 32.4 Å². The maximum Gasteiger partial charge on any atom is 0.222 e. The molecule has 0 spiro atoms. The first-order valence-electron chi connectivity index (χ1n) is 10.5. The fourth-order valence-corrected chi connectivity index (χ4v) is 3.37. The Hall–Kier alpha value is -0.610. The van der Waals surface area contributed by atoms with E-state index >= 15 is 0 Å². The molecule has 25 heavy (non-hydrogen) atoms. The standard InChI is InChI=1S/C21H41NO3/c1-18(2)24-16-11-9-7-5-6-8-10-14-21(23)22-15-12-13-20(22)17-25-19(3)4/h18-20H,5-17H2,1-4H3. The highest BCUT2D eigenvalue weighted by Crippen LogP contribution is 2.20. The molecule has 1 amide bonds. The first-order chi connectivity index (χ1) is 12.0. The molecule has 1 saturated heterocycles. The van der Waals surface area contributed by atoms with E-state index in [9.17, 15) is 4.79 Å².